The lowest BCUT2D eigenvalue weighted by atomic mass is 9.99. The average Bonchev–Trinajstić information content (AvgIpc) is 3.00. The molecule has 20 heavy (non-hydrogen) atoms. The Hall–Kier alpha value is -1.34. The molecule has 0 heterocycles. The molecule has 1 fully saturated rings. The van der Waals surface area contributed by atoms with Gasteiger partial charge in [-0.15, -0.1) is 0 Å². The van der Waals surface area contributed by atoms with Crippen molar-refractivity contribution in [1.82, 2.24) is 5.32 Å². The van der Waals surface area contributed by atoms with Crippen LogP contribution >= 0.6 is 0 Å². The maximum Gasteiger partial charge on any atom is 0.0297 e. The molecule has 3 rings (SSSR count). The van der Waals surface area contributed by atoms with Gasteiger partial charge in [0.05, 0.1) is 0 Å². The fraction of sp³-hybridized carbons (Fsp3) is 0.474. The first-order valence-corrected chi connectivity index (χ1v) is 8.05. The van der Waals surface area contributed by atoms with Crippen molar-refractivity contribution < 1.29 is 0 Å². The molecule has 0 aromatic heterocycles. The van der Waals surface area contributed by atoms with Gasteiger partial charge in [-0.2, -0.15) is 0 Å². The van der Waals surface area contributed by atoms with E-state index in [-0.39, 0.29) is 0 Å². The number of rotatable bonds is 5. The third-order valence-electron chi connectivity index (χ3n) is 4.77. The minimum absolute atomic E-state index is 0.433. The summed E-state index contributed by atoms with van der Waals surface area (Å²) in [6.07, 6.45) is 7.14. The molecular weight excluding hydrogens is 242 g/mol. The molecule has 0 amide bonds. The van der Waals surface area contributed by atoms with Crippen molar-refractivity contribution in [1.29, 1.82) is 0 Å². The van der Waals surface area contributed by atoms with E-state index in [0.717, 1.165) is 12.5 Å². The van der Waals surface area contributed by atoms with Gasteiger partial charge in [0.2, 0.25) is 0 Å². The summed E-state index contributed by atoms with van der Waals surface area (Å²) in [5.41, 5.74) is 1.43. The van der Waals surface area contributed by atoms with E-state index in [1.165, 1.54) is 48.4 Å². The van der Waals surface area contributed by atoms with Gasteiger partial charge in [-0.3, -0.25) is 0 Å². The molecule has 1 atom stereocenters. The fourth-order valence-electron chi connectivity index (χ4n) is 3.54. The summed E-state index contributed by atoms with van der Waals surface area (Å²) in [6.45, 7) is 3.44. The maximum atomic E-state index is 3.72. The zero-order valence-electron chi connectivity index (χ0n) is 12.4. The monoisotopic (exact) mass is 267 g/mol. The van der Waals surface area contributed by atoms with Crippen molar-refractivity contribution in [2.24, 2.45) is 5.92 Å². The van der Waals surface area contributed by atoms with Crippen LogP contribution in [-0.2, 0) is 0 Å². The van der Waals surface area contributed by atoms with E-state index in [2.05, 4.69) is 54.7 Å². The van der Waals surface area contributed by atoms with Gasteiger partial charge in [-0.1, -0.05) is 68.1 Å². The summed E-state index contributed by atoms with van der Waals surface area (Å²) < 4.78 is 0. The first-order chi connectivity index (χ1) is 9.84. The minimum Gasteiger partial charge on any atom is -0.310 e. The van der Waals surface area contributed by atoms with Crippen molar-refractivity contribution >= 4 is 10.8 Å². The molecule has 1 saturated carbocycles. The van der Waals surface area contributed by atoms with Crippen molar-refractivity contribution in [2.45, 2.75) is 45.1 Å². The van der Waals surface area contributed by atoms with Crippen LogP contribution in [-0.4, -0.2) is 6.54 Å². The highest BCUT2D eigenvalue weighted by Crippen LogP contribution is 2.28. The summed E-state index contributed by atoms with van der Waals surface area (Å²) in [7, 11) is 0. The van der Waals surface area contributed by atoms with Gasteiger partial charge >= 0.3 is 0 Å². The quantitative estimate of drug-likeness (QED) is 0.797. The minimum atomic E-state index is 0.433. The van der Waals surface area contributed by atoms with E-state index in [1.54, 1.807) is 0 Å². The Morgan fingerprint density at radius 2 is 1.80 bits per heavy atom. The summed E-state index contributed by atoms with van der Waals surface area (Å²) >= 11 is 0. The predicted molar refractivity (Wildman–Crippen MR) is 86.9 cm³/mol. The van der Waals surface area contributed by atoms with Gasteiger partial charge in [0.15, 0.2) is 0 Å². The number of hydrogen-bond donors (Lipinski definition) is 1. The van der Waals surface area contributed by atoms with E-state index in [1.807, 2.05) is 0 Å². The lowest BCUT2D eigenvalue weighted by Gasteiger charge is -2.18. The first-order valence-electron chi connectivity index (χ1n) is 8.05. The maximum absolute atomic E-state index is 3.72. The van der Waals surface area contributed by atoms with Crippen molar-refractivity contribution in [2.75, 3.05) is 6.54 Å². The van der Waals surface area contributed by atoms with Gasteiger partial charge in [0.25, 0.3) is 0 Å². The van der Waals surface area contributed by atoms with Crippen LogP contribution < -0.4 is 5.32 Å². The Morgan fingerprint density at radius 3 is 2.65 bits per heavy atom. The Kier molecular flexibility index (Phi) is 4.37. The number of nitrogens with one attached hydrogen (secondary N) is 1. The Bertz CT molecular complexity index is 549. The van der Waals surface area contributed by atoms with Crippen LogP contribution in [0.25, 0.3) is 10.8 Å². The van der Waals surface area contributed by atoms with Crippen LogP contribution in [0.5, 0.6) is 0 Å². The summed E-state index contributed by atoms with van der Waals surface area (Å²) in [6, 6.07) is 15.8. The second-order valence-electron chi connectivity index (χ2n) is 6.18. The van der Waals surface area contributed by atoms with Gasteiger partial charge in [-0.25, -0.2) is 0 Å². The molecule has 106 valence electrons. The Morgan fingerprint density at radius 1 is 1.05 bits per heavy atom. The van der Waals surface area contributed by atoms with Crippen molar-refractivity contribution in [3.05, 3.63) is 48.0 Å². The summed E-state index contributed by atoms with van der Waals surface area (Å²) in [4.78, 5) is 0. The molecule has 1 aliphatic carbocycles. The Balaban J connectivity index is 1.64. The largest absolute Gasteiger partial charge is 0.310 e. The second-order valence-corrected chi connectivity index (χ2v) is 6.18. The number of benzene rings is 2. The molecule has 2 aromatic carbocycles. The summed E-state index contributed by atoms with van der Waals surface area (Å²) in [5, 5.41) is 6.45. The Labute approximate surface area is 122 Å². The van der Waals surface area contributed by atoms with Crippen molar-refractivity contribution in [3.63, 3.8) is 0 Å². The predicted octanol–water partition coefficient (Wildman–Crippen LogP) is 5.07. The standard InChI is InChI=1S/C19H25N/c1-15(20-14-13-16-7-2-3-8-16)18-12-6-10-17-9-4-5-11-19(17)18/h4-6,9-12,15-16,20H,2-3,7-8,13-14H2,1H3. The topological polar surface area (TPSA) is 12.0 Å². The molecule has 1 unspecified atom stereocenters. The number of hydrogen-bond acceptors (Lipinski definition) is 1. The van der Waals surface area contributed by atoms with Crippen LogP contribution in [0.2, 0.25) is 0 Å². The molecule has 0 aliphatic heterocycles. The van der Waals surface area contributed by atoms with Crippen LogP contribution in [0.1, 0.15) is 50.6 Å². The highest BCUT2D eigenvalue weighted by Gasteiger charge is 2.15. The lowest BCUT2D eigenvalue weighted by Crippen LogP contribution is -2.21. The van der Waals surface area contributed by atoms with Crippen LogP contribution in [0, 0.1) is 5.92 Å². The van der Waals surface area contributed by atoms with Gasteiger partial charge < -0.3 is 5.32 Å². The van der Waals surface area contributed by atoms with Gasteiger partial charge in [-0.05, 0) is 42.1 Å². The van der Waals surface area contributed by atoms with Gasteiger partial charge in [0.1, 0.15) is 0 Å². The second kappa shape index (κ2) is 6.41. The normalized spacial score (nSPS) is 17.6. The average molecular weight is 267 g/mol. The van der Waals surface area contributed by atoms with Gasteiger partial charge in [0, 0.05) is 6.04 Å². The molecule has 1 N–H and O–H groups in total. The van der Waals surface area contributed by atoms with Crippen LogP contribution in [0.4, 0.5) is 0 Å². The molecule has 0 saturated heterocycles. The molecular formula is C19H25N. The zero-order valence-corrected chi connectivity index (χ0v) is 12.4. The molecule has 1 nitrogen and oxygen atoms in total. The molecule has 1 heteroatoms. The molecule has 0 spiro atoms. The van der Waals surface area contributed by atoms with E-state index >= 15 is 0 Å². The first kappa shape index (κ1) is 13.6. The van der Waals surface area contributed by atoms with Crippen LogP contribution in [0.15, 0.2) is 42.5 Å². The summed E-state index contributed by atoms with van der Waals surface area (Å²) in [5.74, 6) is 0.974. The third-order valence-corrected chi connectivity index (χ3v) is 4.77. The molecule has 0 radical (unpaired) electrons. The number of fused-ring (bicyclic) bond motifs is 1. The molecule has 2 aromatic rings. The molecule has 0 bridgehead atoms. The van der Waals surface area contributed by atoms with E-state index in [0.29, 0.717) is 6.04 Å². The molecule has 1 aliphatic rings. The zero-order chi connectivity index (χ0) is 13.8. The third kappa shape index (κ3) is 3.04. The van der Waals surface area contributed by atoms with E-state index in [9.17, 15) is 0 Å². The van der Waals surface area contributed by atoms with Crippen molar-refractivity contribution in [3.8, 4) is 0 Å². The van der Waals surface area contributed by atoms with E-state index in [4.69, 9.17) is 0 Å². The lowest BCUT2D eigenvalue weighted by molar-refractivity contribution is 0.455. The van der Waals surface area contributed by atoms with E-state index < -0.39 is 0 Å². The fourth-order valence-corrected chi connectivity index (χ4v) is 3.54. The highest BCUT2D eigenvalue weighted by molar-refractivity contribution is 5.86. The van der Waals surface area contributed by atoms with Crippen LogP contribution in [0.3, 0.4) is 0 Å². The highest BCUT2D eigenvalue weighted by atomic mass is 14.9. The smallest absolute Gasteiger partial charge is 0.0297 e. The SMILES string of the molecule is CC(NCCC1CCCC1)c1cccc2ccccc12.